The van der Waals surface area contributed by atoms with Gasteiger partial charge in [-0.25, -0.2) is 9.50 Å². The summed E-state index contributed by atoms with van der Waals surface area (Å²) in [5.41, 5.74) is 0.843. The third-order valence-corrected chi connectivity index (χ3v) is 3.17. The van der Waals surface area contributed by atoms with Crippen molar-refractivity contribution >= 4 is 17.6 Å². The fourth-order valence-electron chi connectivity index (χ4n) is 2.12. The minimum Gasteiger partial charge on any atom is -0.354 e. The smallest absolute Gasteiger partial charge is 0.294 e. The summed E-state index contributed by atoms with van der Waals surface area (Å²) < 4.78 is 1.52. The first-order valence-electron chi connectivity index (χ1n) is 6.39. The van der Waals surface area contributed by atoms with Gasteiger partial charge in [-0.15, -0.1) is 5.10 Å². The molecule has 2 amide bonds. The first-order valence-corrected chi connectivity index (χ1v) is 6.39. The van der Waals surface area contributed by atoms with Crippen LogP contribution in [-0.4, -0.2) is 55.9 Å². The molecule has 3 rings (SSSR count). The maximum atomic E-state index is 12.4. The number of nitrogens with zero attached hydrogens (tertiary/aromatic N) is 5. The lowest BCUT2D eigenvalue weighted by Crippen LogP contribution is -2.37. The third-order valence-electron chi connectivity index (χ3n) is 3.17. The van der Waals surface area contributed by atoms with E-state index in [0.29, 0.717) is 18.9 Å². The van der Waals surface area contributed by atoms with Gasteiger partial charge in [-0.05, 0) is 19.4 Å². The second-order valence-electron chi connectivity index (χ2n) is 4.66. The largest absolute Gasteiger partial charge is 0.354 e. The molecule has 2 aromatic rings. The first-order chi connectivity index (χ1) is 9.65. The van der Waals surface area contributed by atoms with Gasteiger partial charge in [0.2, 0.25) is 11.7 Å². The Morgan fingerprint density at radius 1 is 1.45 bits per heavy atom. The summed E-state index contributed by atoms with van der Waals surface area (Å²) in [6, 6.07) is 1.79. The van der Waals surface area contributed by atoms with Crippen LogP contribution in [0.2, 0.25) is 0 Å². The number of rotatable bonds is 1. The Balaban J connectivity index is 1.91. The molecular weight excluding hydrogens is 260 g/mol. The normalized spacial score (nSPS) is 16.1. The first kappa shape index (κ1) is 12.5. The van der Waals surface area contributed by atoms with Crippen molar-refractivity contribution in [1.29, 1.82) is 0 Å². The van der Waals surface area contributed by atoms with Gasteiger partial charge in [0.15, 0.2) is 0 Å². The number of nitrogens with one attached hydrogen (secondary N) is 1. The Hall–Kier alpha value is -2.51. The number of carbonyl (C=O) groups is 2. The van der Waals surface area contributed by atoms with Crippen molar-refractivity contribution in [3.05, 3.63) is 23.8 Å². The van der Waals surface area contributed by atoms with Crippen LogP contribution in [0.5, 0.6) is 0 Å². The number of carbonyl (C=O) groups excluding carboxylic acids is 2. The Morgan fingerprint density at radius 2 is 2.30 bits per heavy atom. The van der Waals surface area contributed by atoms with E-state index in [1.54, 1.807) is 12.3 Å². The zero-order valence-corrected chi connectivity index (χ0v) is 11.0. The van der Waals surface area contributed by atoms with E-state index >= 15 is 0 Å². The van der Waals surface area contributed by atoms with Crippen molar-refractivity contribution in [3.63, 3.8) is 0 Å². The van der Waals surface area contributed by atoms with Crippen LogP contribution in [0.1, 0.15) is 22.7 Å². The molecule has 0 aliphatic carbocycles. The van der Waals surface area contributed by atoms with Gasteiger partial charge in [-0.2, -0.15) is 4.98 Å². The second kappa shape index (κ2) is 4.87. The minimum atomic E-state index is -0.341. The molecule has 1 aliphatic heterocycles. The minimum absolute atomic E-state index is 0.0425. The molecule has 0 saturated carbocycles. The van der Waals surface area contributed by atoms with Crippen molar-refractivity contribution in [2.75, 3.05) is 19.6 Å². The average molecular weight is 274 g/mol. The molecule has 1 saturated heterocycles. The van der Waals surface area contributed by atoms with Crippen LogP contribution >= 0.6 is 0 Å². The van der Waals surface area contributed by atoms with Gasteiger partial charge in [0, 0.05) is 25.0 Å². The molecule has 8 nitrogen and oxygen atoms in total. The summed E-state index contributed by atoms with van der Waals surface area (Å²) in [6.07, 6.45) is 2.34. The molecule has 0 unspecified atom stereocenters. The monoisotopic (exact) mass is 274 g/mol. The van der Waals surface area contributed by atoms with Crippen LogP contribution < -0.4 is 5.32 Å². The van der Waals surface area contributed by atoms with Crippen LogP contribution in [0.15, 0.2) is 12.3 Å². The highest BCUT2D eigenvalue weighted by atomic mass is 16.2. The summed E-state index contributed by atoms with van der Waals surface area (Å²) in [5.74, 6) is -0.0463. The molecule has 0 atom stereocenters. The van der Waals surface area contributed by atoms with Crippen molar-refractivity contribution in [2.45, 2.75) is 13.3 Å². The molecule has 20 heavy (non-hydrogen) atoms. The van der Waals surface area contributed by atoms with E-state index in [9.17, 15) is 9.59 Å². The highest BCUT2D eigenvalue weighted by Gasteiger charge is 2.24. The van der Waals surface area contributed by atoms with Gasteiger partial charge in [0.1, 0.15) is 0 Å². The molecule has 1 N–H and O–H groups in total. The maximum Gasteiger partial charge on any atom is 0.294 e. The topological polar surface area (TPSA) is 92.5 Å². The van der Waals surface area contributed by atoms with Gasteiger partial charge in [0.05, 0.1) is 6.54 Å². The SMILES string of the molecule is Cc1ccnc2nc(C(=O)N3CCCNC(=O)C3)nn12. The molecule has 3 heterocycles. The summed E-state index contributed by atoms with van der Waals surface area (Å²) >= 11 is 0. The van der Waals surface area contributed by atoms with E-state index < -0.39 is 0 Å². The molecule has 0 spiro atoms. The zero-order chi connectivity index (χ0) is 14.1. The van der Waals surface area contributed by atoms with Gasteiger partial charge in [-0.3, -0.25) is 9.59 Å². The maximum absolute atomic E-state index is 12.4. The average Bonchev–Trinajstić information content (AvgIpc) is 2.75. The van der Waals surface area contributed by atoms with E-state index in [1.165, 1.54) is 9.42 Å². The summed E-state index contributed by atoms with van der Waals surface area (Å²) in [7, 11) is 0. The quantitative estimate of drug-likeness (QED) is 0.749. The lowest BCUT2D eigenvalue weighted by atomic mass is 10.3. The molecule has 2 aromatic heterocycles. The number of aryl methyl sites for hydroxylation is 1. The molecular formula is C12H14N6O2. The van der Waals surface area contributed by atoms with E-state index in [4.69, 9.17) is 0 Å². The number of amides is 2. The Labute approximate surface area is 114 Å². The molecule has 8 heteroatoms. The molecule has 1 aliphatic rings. The Morgan fingerprint density at radius 3 is 3.10 bits per heavy atom. The summed E-state index contributed by atoms with van der Waals surface area (Å²) in [6.45, 7) is 3.00. The standard InChI is InChI=1S/C12H14N6O2/c1-8-3-5-14-12-15-10(16-18(8)12)11(20)17-6-2-4-13-9(19)7-17/h3,5H,2,4,6-7H2,1H3,(H,13,19). The van der Waals surface area contributed by atoms with Crippen LogP contribution in [0.3, 0.4) is 0 Å². The van der Waals surface area contributed by atoms with E-state index in [0.717, 1.165) is 12.1 Å². The summed E-state index contributed by atoms with van der Waals surface area (Å²) in [4.78, 5) is 33.5. The molecule has 0 aromatic carbocycles. The van der Waals surface area contributed by atoms with Crippen LogP contribution in [0.25, 0.3) is 5.78 Å². The second-order valence-corrected chi connectivity index (χ2v) is 4.66. The Kier molecular flexibility index (Phi) is 3.05. The molecule has 0 bridgehead atoms. The highest BCUT2D eigenvalue weighted by molar-refractivity contribution is 5.94. The number of fused-ring (bicyclic) bond motifs is 1. The fourth-order valence-corrected chi connectivity index (χ4v) is 2.12. The van der Waals surface area contributed by atoms with Gasteiger partial charge >= 0.3 is 0 Å². The van der Waals surface area contributed by atoms with Crippen molar-refractivity contribution in [1.82, 2.24) is 29.8 Å². The van der Waals surface area contributed by atoms with Crippen molar-refractivity contribution in [3.8, 4) is 0 Å². The molecule has 104 valence electrons. The lowest BCUT2D eigenvalue weighted by molar-refractivity contribution is -0.121. The van der Waals surface area contributed by atoms with E-state index in [1.807, 2.05) is 6.92 Å². The van der Waals surface area contributed by atoms with Crippen molar-refractivity contribution < 1.29 is 9.59 Å². The van der Waals surface area contributed by atoms with Gasteiger partial charge < -0.3 is 10.2 Å². The summed E-state index contributed by atoms with van der Waals surface area (Å²) in [5, 5.41) is 6.89. The van der Waals surface area contributed by atoms with E-state index in [-0.39, 0.29) is 24.2 Å². The number of hydrogen-bond donors (Lipinski definition) is 1. The van der Waals surface area contributed by atoms with Crippen LogP contribution in [0.4, 0.5) is 0 Å². The molecule has 1 fully saturated rings. The highest BCUT2D eigenvalue weighted by Crippen LogP contribution is 2.06. The van der Waals surface area contributed by atoms with Crippen LogP contribution in [0, 0.1) is 6.92 Å². The van der Waals surface area contributed by atoms with Crippen molar-refractivity contribution in [2.24, 2.45) is 0 Å². The Bertz CT molecular complexity index is 680. The van der Waals surface area contributed by atoms with Crippen LogP contribution in [-0.2, 0) is 4.79 Å². The fraction of sp³-hybridized carbons (Fsp3) is 0.417. The third kappa shape index (κ3) is 2.20. The predicted octanol–water partition coefficient (Wildman–Crippen LogP) is -0.605. The van der Waals surface area contributed by atoms with Gasteiger partial charge in [-0.1, -0.05) is 0 Å². The van der Waals surface area contributed by atoms with E-state index in [2.05, 4.69) is 20.4 Å². The molecule has 0 radical (unpaired) electrons. The predicted molar refractivity (Wildman–Crippen MR) is 69.0 cm³/mol. The number of hydrogen-bond acceptors (Lipinski definition) is 5. The zero-order valence-electron chi connectivity index (χ0n) is 11.0. The number of aromatic nitrogens is 4. The lowest BCUT2D eigenvalue weighted by Gasteiger charge is -2.16. The van der Waals surface area contributed by atoms with Gasteiger partial charge in [0.25, 0.3) is 11.7 Å².